The van der Waals surface area contributed by atoms with Crippen molar-refractivity contribution in [3.63, 3.8) is 0 Å². The maximum absolute atomic E-state index is 11.3. The molecule has 0 saturated carbocycles. The Hall–Kier alpha value is -4.08. The van der Waals surface area contributed by atoms with Gasteiger partial charge in [0.15, 0.2) is 0 Å². The highest BCUT2D eigenvalue weighted by molar-refractivity contribution is 6.30. The molecule has 7 heteroatoms. The van der Waals surface area contributed by atoms with E-state index in [1.807, 2.05) is 54.6 Å². The zero-order chi connectivity index (χ0) is 23.3. The highest BCUT2D eigenvalue weighted by atomic mass is 35.5. The number of carbonyl (C=O) groups is 1. The van der Waals surface area contributed by atoms with Crippen molar-refractivity contribution in [3.05, 3.63) is 83.6 Å². The van der Waals surface area contributed by atoms with Crippen LogP contribution in [0, 0.1) is 17.8 Å². The number of ether oxygens (including phenoxy) is 1. The quantitative estimate of drug-likeness (QED) is 0.376. The summed E-state index contributed by atoms with van der Waals surface area (Å²) in [5, 5.41) is 7.74. The standard InChI is InChI=1S/C27H21ClN4O2/c28-20-2-1-3-23(15-20)34-22-10-8-21(9-11-22)32-27-24-14-18(6-12-25(24)30-17-31-27)4-5-19-7-13-26(33)29-16-19/h1-3,6,8-12,14-15,17,19H,7,13,16H2,(H,29,33)(H,30,31,32). The topological polar surface area (TPSA) is 76.1 Å². The highest BCUT2D eigenvalue weighted by Gasteiger charge is 2.15. The number of hydrogen-bond acceptors (Lipinski definition) is 5. The molecule has 4 aromatic rings. The van der Waals surface area contributed by atoms with Gasteiger partial charge in [-0.3, -0.25) is 4.79 Å². The number of carbonyl (C=O) groups excluding carboxylic acids is 1. The number of fused-ring (bicyclic) bond motifs is 1. The second kappa shape index (κ2) is 9.82. The third kappa shape index (κ3) is 5.28. The van der Waals surface area contributed by atoms with Crippen LogP contribution < -0.4 is 15.4 Å². The monoisotopic (exact) mass is 468 g/mol. The summed E-state index contributed by atoms with van der Waals surface area (Å²) in [6, 6.07) is 20.8. The smallest absolute Gasteiger partial charge is 0.220 e. The fraction of sp³-hybridized carbons (Fsp3) is 0.148. The van der Waals surface area contributed by atoms with E-state index in [2.05, 4.69) is 32.4 Å². The molecular formula is C27H21ClN4O2. The first kappa shape index (κ1) is 21.7. The van der Waals surface area contributed by atoms with Gasteiger partial charge in [0.25, 0.3) is 0 Å². The summed E-state index contributed by atoms with van der Waals surface area (Å²) in [5.41, 5.74) is 2.58. The van der Waals surface area contributed by atoms with Crippen LogP contribution in [0.25, 0.3) is 10.9 Å². The zero-order valence-corrected chi connectivity index (χ0v) is 19.0. The molecule has 34 heavy (non-hydrogen) atoms. The van der Waals surface area contributed by atoms with Crippen LogP contribution in [-0.2, 0) is 4.79 Å². The lowest BCUT2D eigenvalue weighted by atomic mass is 9.99. The fourth-order valence-corrected chi connectivity index (χ4v) is 3.87. The van der Waals surface area contributed by atoms with Gasteiger partial charge >= 0.3 is 0 Å². The predicted octanol–water partition coefficient (Wildman–Crippen LogP) is 5.70. The van der Waals surface area contributed by atoms with Gasteiger partial charge in [-0.2, -0.15) is 0 Å². The van der Waals surface area contributed by atoms with Crippen molar-refractivity contribution in [2.45, 2.75) is 12.8 Å². The van der Waals surface area contributed by atoms with Gasteiger partial charge in [0.1, 0.15) is 23.6 Å². The van der Waals surface area contributed by atoms with E-state index in [-0.39, 0.29) is 11.8 Å². The SMILES string of the molecule is O=C1CCC(C#Cc2ccc3ncnc(Nc4ccc(Oc5cccc(Cl)c5)cc4)c3c2)CN1. The molecule has 2 N–H and O–H groups in total. The van der Waals surface area contributed by atoms with Crippen LogP contribution in [0.5, 0.6) is 11.5 Å². The van der Waals surface area contributed by atoms with Gasteiger partial charge in [-0.25, -0.2) is 9.97 Å². The van der Waals surface area contributed by atoms with Gasteiger partial charge in [-0.05, 0) is 67.1 Å². The Balaban J connectivity index is 1.33. The van der Waals surface area contributed by atoms with Gasteiger partial charge in [-0.15, -0.1) is 0 Å². The zero-order valence-electron chi connectivity index (χ0n) is 18.2. The molecule has 0 radical (unpaired) electrons. The van der Waals surface area contributed by atoms with E-state index in [1.54, 1.807) is 12.1 Å². The van der Waals surface area contributed by atoms with Crippen LogP contribution in [0.1, 0.15) is 18.4 Å². The Morgan fingerprint density at radius 2 is 1.91 bits per heavy atom. The average molecular weight is 469 g/mol. The predicted molar refractivity (Wildman–Crippen MR) is 133 cm³/mol. The molecule has 1 saturated heterocycles. The van der Waals surface area contributed by atoms with E-state index < -0.39 is 0 Å². The largest absolute Gasteiger partial charge is 0.457 e. The van der Waals surface area contributed by atoms with Crippen LogP contribution in [-0.4, -0.2) is 22.4 Å². The minimum atomic E-state index is 0.0979. The lowest BCUT2D eigenvalue weighted by Gasteiger charge is -2.17. The third-order valence-corrected chi connectivity index (χ3v) is 5.71. The van der Waals surface area contributed by atoms with E-state index >= 15 is 0 Å². The third-order valence-electron chi connectivity index (χ3n) is 5.47. The molecule has 1 atom stereocenters. The maximum Gasteiger partial charge on any atom is 0.220 e. The summed E-state index contributed by atoms with van der Waals surface area (Å²) in [5.74, 6) is 8.86. The number of aromatic nitrogens is 2. The average Bonchev–Trinajstić information content (AvgIpc) is 2.85. The number of anilines is 2. The summed E-state index contributed by atoms with van der Waals surface area (Å²) >= 11 is 6.02. The Morgan fingerprint density at radius 3 is 2.71 bits per heavy atom. The second-order valence-corrected chi connectivity index (χ2v) is 8.41. The molecule has 0 aliphatic carbocycles. The summed E-state index contributed by atoms with van der Waals surface area (Å²) in [4.78, 5) is 20.1. The molecule has 1 aliphatic rings. The second-order valence-electron chi connectivity index (χ2n) is 7.97. The minimum absolute atomic E-state index is 0.0979. The Morgan fingerprint density at radius 1 is 1.03 bits per heavy atom. The molecule has 0 spiro atoms. The van der Waals surface area contributed by atoms with Gasteiger partial charge in [-0.1, -0.05) is 29.5 Å². The van der Waals surface area contributed by atoms with Gasteiger partial charge < -0.3 is 15.4 Å². The molecule has 6 nitrogen and oxygen atoms in total. The lowest BCUT2D eigenvalue weighted by Crippen LogP contribution is -2.34. The van der Waals surface area contributed by atoms with Crippen LogP contribution in [0.15, 0.2) is 73.1 Å². The first-order chi connectivity index (χ1) is 16.6. The van der Waals surface area contributed by atoms with Gasteiger partial charge in [0.05, 0.1) is 5.52 Å². The molecule has 1 aliphatic heterocycles. The van der Waals surface area contributed by atoms with E-state index in [0.29, 0.717) is 35.3 Å². The van der Waals surface area contributed by atoms with Crippen molar-refractivity contribution in [2.24, 2.45) is 5.92 Å². The lowest BCUT2D eigenvalue weighted by molar-refractivity contribution is -0.122. The normalized spacial score (nSPS) is 15.2. The molecule has 1 aromatic heterocycles. The van der Waals surface area contributed by atoms with Crippen molar-refractivity contribution in [2.75, 3.05) is 11.9 Å². The summed E-state index contributed by atoms with van der Waals surface area (Å²) < 4.78 is 5.86. The van der Waals surface area contributed by atoms with E-state index in [4.69, 9.17) is 16.3 Å². The first-order valence-corrected chi connectivity index (χ1v) is 11.3. The van der Waals surface area contributed by atoms with E-state index in [1.165, 1.54) is 6.33 Å². The van der Waals surface area contributed by atoms with Crippen LogP contribution >= 0.6 is 11.6 Å². The number of halogens is 1. The Bertz CT molecular complexity index is 1400. The summed E-state index contributed by atoms with van der Waals surface area (Å²) in [6.07, 6.45) is 2.86. The van der Waals surface area contributed by atoms with Crippen molar-refractivity contribution < 1.29 is 9.53 Å². The van der Waals surface area contributed by atoms with Crippen molar-refractivity contribution >= 4 is 39.9 Å². The maximum atomic E-state index is 11.3. The first-order valence-electron chi connectivity index (χ1n) is 11.0. The molecule has 3 aromatic carbocycles. The molecule has 1 unspecified atom stereocenters. The van der Waals surface area contributed by atoms with E-state index in [0.717, 1.165) is 28.6 Å². The number of nitrogens with one attached hydrogen (secondary N) is 2. The number of rotatable bonds is 4. The molecule has 1 fully saturated rings. The van der Waals surface area contributed by atoms with Crippen LogP contribution in [0.4, 0.5) is 11.5 Å². The minimum Gasteiger partial charge on any atom is -0.457 e. The van der Waals surface area contributed by atoms with Gasteiger partial charge in [0, 0.05) is 40.5 Å². The number of benzene rings is 3. The highest BCUT2D eigenvalue weighted by Crippen LogP contribution is 2.28. The molecule has 2 heterocycles. The molecule has 0 bridgehead atoms. The summed E-state index contributed by atoms with van der Waals surface area (Å²) in [6.45, 7) is 0.604. The van der Waals surface area contributed by atoms with Crippen molar-refractivity contribution in [3.8, 4) is 23.3 Å². The van der Waals surface area contributed by atoms with Gasteiger partial charge in [0.2, 0.25) is 5.91 Å². The molecular weight excluding hydrogens is 448 g/mol. The van der Waals surface area contributed by atoms with Crippen LogP contribution in [0.3, 0.4) is 0 Å². The Kier molecular flexibility index (Phi) is 6.28. The number of piperidine rings is 1. The molecule has 168 valence electrons. The van der Waals surface area contributed by atoms with Crippen molar-refractivity contribution in [1.29, 1.82) is 0 Å². The Labute approximate surface area is 202 Å². The fourth-order valence-electron chi connectivity index (χ4n) is 3.69. The van der Waals surface area contributed by atoms with Crippen molar-refractivity contribution in [1.82, 2.24) is 15.3 Å². The van der Waals surface area contributed by atoms with E-state index in [9.17, 15) is 4.79 Å². The summed E-state index contributed by atoms with van der Waals surface area (Å²) in [7, 11) is 0. The number of amides is 1. The molecule has 1 amide bonds. The number of hydrogen-bond donors (Lipinski definition) is 2. The number of nitrogens with zero attached hydrogens (tertiary/aromatic N) is 2. The van der Waals surface area contributed by atoms with Crippen LogP contribution in [0.2, 0.25) is 5.02 Å². The molecule has 5 rings (SSSR count).